The van der Waals surface area contributed by atoms with E-state index >= 15 is 0 Å². The van der Waals surface area contributed by atoms with Gasteiger partial charge in [-0.3, -0.25) is 9.48 Å². The van der Waals surface area contributed by atoms with Gasteiger partial charge in [-0.2, -0.15) is 18.3 Å². The standard InChI is InChI=1S/C17H17F4N3O/c1-2-15(25)23-8-7-13-14(10-23)24(22-16(13)17(19,20)21)9-11-3-5-12(18)6-4-11/h3-6H,2,7-10H2,1H3. The molecule has 0 atom stereocenters. The Kier molecular flexibility index (Phi) is 4.53. The van der Waals surface area contributed by atoms with Gasteiger partial charge in [0.2, 0.25) is 5.91 Å². The van der Waals surface area contributed by atoms with Crippen LogP contribution in [0.3, 0.4) is 0 Å². The molecule has 8 heteroatoms. The molecule has 0 aliphatic carbocycles. The van der Waals surface area contributed by atoms with Crippen molar-refractivity contribution in [3.63, 3.8) is 0 Å². The highest BCUT2D eigenvalue weighted by Crippen LogP contribution is 2.35. The zero-order chi connectivity index (χ0) is 18.2. The molecule has 0 unspecified atom stereocenters. The zero-order valence-electron chi connectivity index (χ0n) is 13.6. The van der Waals surface area contributed by atoms with E-state index in [4.69, 9.17) is 0 Å². The van der Waals surface area contributed by atoms with Gasteiger partial charge in [0.15, 0.2) is 5.69 Å². The second-order valence-corrected chi connectivity index (χ2v) is 5.97. The summed E-state index contributed by atoms with van der Waals surface area (Å²) in [6, 6.07) is 5.52. The molecule has 25 heavy (non-hydrogen) atoms. The summed E-state index contributed by atoms with van der Waals surface area (Å²) in [7, 11) is 0. The molecule has 0 N–H and O–H groups in total. The molecule has 0 spiro atoms. The Bertz CT molecular complexity index is 780. The van der Waals surface area contributed by atoms with Crippen LogP contribution in [0.15, 0.2) is 24.3 Å². The summed E-state index contributed by atoms with van der Waals surface area (Å²) in [4.78, 5) is 13.5. The Hall–Kier alpha value is -2.38. The minimum atomic E-state index is -4.55. The lowest BCUT2D eigenvalue weighted by molar-refractivity contribution is -0.142. The molecule has 1 aliphatic heterocycles. The first-order valence-electron chi connectivity index (χ1n) is 7.97. The number of carbonyl (C=O) groups is 1. The predicted molar refractivity (Wildman–Crippen MR) is 82.1 cm³/mol. The number of aromatic nitrogens is 2. The predicted octanol–water partition coefficient (Wildman–Crippen LogP) is 3.38. The van der Waals surface area contributed by atoms with Gasteiger partial charge in [-0.1, -0.05) is 19.1 Å². The minimum Gasteiger partial charge on any atom is -0.336 e. The Morgan fingerprint density at radius 2 is 1.92 bits per heavy atom. The SMILES string of the molecule is CCC(=O)N1CCc2c(C(F)(F)F)nn(Cc3ccc(F)cc3)c2C1. The van der Waals surface area contributed by atoms with Crippen molar-refractivity contribution in [1.29, 1.82) is 0 Å². The van der Waals surface area contributed by atoms with Crippen LogP contribution in [0.25, 0.3) is 0 Å². The Labute approximate surface area is 142 Å². The summed E-state index contributed by atoms with van der Waals surface area (Å²) in [5, 5.41) is 3.76. The second-order valence-electron chi connectivity index (χ2n) is 5.97. The van der Waals surface area contributed by atoms with Crippen LogP contribution in [0, 0.1) is 5.82 Å². The molecular weight excluding hydrogens is 338 g/mol. The lowest BCUT2D eigenvalue weighted by atomic mass is 10.0. The Morgan fingerprint density at radius 3 is 2.52 bits per heavy atom. The Morgan fingerprint density at radius 1 is 1.24 bits per heavy atom. The van der Waals surface area contributed by atoms with E-state index in [0.717, 1.165) is 0 Å². The average molecular weight is 355 g/mol. The number of benzene rings is 1. The van der Waals surface area contributed by atoms with Crippen molar-refractivity contribution in [2.45, 2.75) is 39.0 Å². The quantitative estimate of drug-likeness (QED) is 0.792. The summed E-state index contributed by atoms with van der Waals surface area (Å²) in [5.41, 5.74) is 0.284. The van der Waals surface area contributed by atoms with Gasteiger partial charge in [0.05, 0.1) is 18.8 Å². The first kappa shape index (κ1) is 17.4. The molecule has 1 aliphatic rings. The molecule has 0 fully saturated rings. The number of hydrogen-bond acceptors (Lipinski definition) is 2. The van der Waals surface area contributed by atoms with Gasteiger partial charge in [0.1, 0.15) is 5.82 Å². The van der Waals surface area contributed by atoms with E-state index in [1.54, 1.807) is 11.8 Å². The highest BCUT2D eigenvalue weighted by Gasteiger charge is 2.40. The molecule has 0 saturated carbocycles. The highest BCUT2D eigenvalue weighted by molar-refractivity contribution is 5.76. The van der Waals surface area contributed by atoms with Gasteiger partial charge in [-0.15, -0.1) is 0 Å². The highest BCUT2D eigenvalue weighted by atomic mass is 19.4. The van der Waals surface area contributed by atoms with Crippen molar-refractivity contribution >= 4 is 5.91 Å². The van der Waals surface area contributed by atoms with E-state index in [9.17, 15) is 22.4 Å². The molecule has 0 radical (unpaired) electrons. The number of amides is 1. The third-order valence-corrected chi connectivity index (χ3v) is 4.31. The monoisotopic (exact) mass is 355 g/mol. The van der Waals surface area contributed by atoms with Crippen LogP contribution in [0.1, 0.15) is 35.9 Å². The molecule has 1 amide bonds. The maximum Gasteiger partial charge on any atom is 0.435 e. The summed E-state index contributed by atoms with van der Waals surface area (Å²) < 4.78 is 54.2. The third kappa shape index (κ3) is 3.52. The van der Waals surface area contributed by atoms with Crippen LogP contribution in [0.2, 0.25) is 0 Å². The van der Waals surface area contributed by atoms with Crippen LogP contribution in [-0.4, -0.2) is 27.1 Å². The normalized spacial score (nSPS) is 14.5. The number of carbonyl (C=O) groups excluding carboxylic acids is 1. The summed E-state index contributed by atoms with van der Waals surface area (Å²) in [6.07, 6.45) is -4.12. The number of rotatable bonds is 3. The van der Waals surface area contributed by atoms with Crippen molar-refractivity contribution < 1.29 is 22.4 Å². The van der Waals surface area contributed by atoms with Crippen molar-refractivity contribution in [3.05, 3.63) is 52.6 Å². The minimum absolute atomic E-state index is 0.0901. The number of nitrogens with zero attached hydrogens (tertiary/aromatic N) is 3. The van der Waals surface area contributed by atoms with Crippen molar-refractivity contribution in [2.24, 2.45) is 0 Å². The maximum absolute atomic E-state index is 13.3. The molecule has 1 aromatic carbocycles. The first-order chi connectivity index (χ1) is 11.8. The van der Waals surface area contributed by atoms with E-state index in [-0.39, 0.29) is 37.5 Å². The fourth-order valence-corrected chi connectivity index (χ4v) is 3.04. The first-order valence-corrected chi connectivity index (χ1v) is 7.97. The van der Waals surface area contributed by atoms with Crippen molar-refractivity contribution in [1.82, 2.24) is 14.7 Å². The van der Waals surface area contributed by atoms with Gasteiger partial charge < -0.3 is 4.90 Å². The van der Waals surface area contributed by atoms with Crippen LogP contribution in [0.5, 0.6) is 0 Å². The van der Waals surface area contributed by atoms with Crippen LogP contribution < -0.4 is 0 Å². The summed E-state index contributed by atoms with van der Waals surface area (Å²) in [5.74, 6) is -0.518. The van der Waals surface area contributed by atoms with Crippen molar-refractivity contribution in [2.75, 3.05) is 6.54 Å². The van der Waals surface area contributed by atoms with Gasteiger partial charge in [-0.05, 0) is 24.1 Å². The van der Waals surface area contributed by atoms with E-state index in [2.05, 4.69) is 5.10 Å². The summed E-state index contributed by atoms with van der Waals surface area (Å²) >= 11 is 0. The van der Waals surface area contributed by atoms with E-state index in [1.165, 1.54) is 28.9 Å². The van der Waals surface area contributed by atoms with Gasteiger partial charge >= 0.3 is 6.18 Å². The fraction of sp³-hybridized carbons (Fsp3) is 0.412. The maximum atomic E-state index is 13.3. The molecule has 1 aromatic heterocycles. The average Bonchev–Trinajstić information content (AvgIpc) is 2.94. The molecule has 3 rings (SSSR count). The van der Waals surface area contributed by atoms with E-state index < -0.39 is 17.7 Å². The second kappa shape index (κ2) is 6.50. The smallest absolute Gasteiger partial charge is 0.336 e. The molecule has 0 bridgehead atoms. The number of halogens is 4. The van der Waals surface area contributed by atoms with Gasteiger partial charge in [0.25, 0.3) is 0 Å². The van der Waals surface area contributed by atoms with Crippen LogP contribution in [0.4, 0.5) is 17.6 Å². The topological polar surface area (TPSA) is 38.1 Å². The van der Waals surface area contributed by atoms with Gasteiger partial charge in [-0.25, -0.2) is 4.39 Å². The molecule has 2 aromatic rings. The molecule has 2 heterocycles. The zero-order valence-corrected chi connectivity index (χ0v) is 13.6. The molecule has 0 saturated heterocycles. The van der Waals surface area contributed by atoms with E-state index in [0.29, 0.717) is 17.7 Å². The molecular formula is C17H17F4N3O. The van der Waals surface area contributed by atoms with Gasteiger partial charge in [0, 0.05) is 18.5 Å². The Balaban J connectivity index is 1.98. The molecule has 4 nitrogen and oxygen atoms in total. The lowest BCUT2D eigenvalue weighted by Crippen LogP contribution is -2.36. The van der Waals surface area contributed by atoms with Crippen LogP contribution in [-0.2, 0) is 30.5 Å². The van der Waals surface area contributed by atoms with Crippen LogP contribution >= 0.6 is 0 Å². The number of alkyl halides is 3. The lowest BCUT2D eigenvalue weighted by Gasteiger charge is -2.28. The molecule has 134 valence electrons. The third-order valence-electron chi connectivity index (χ3n) is 4.31. The van der Waals surface area contributed by atoms with Crippen molar-refractivity contribution in [3.8, 4) is 0 Å². The number of hydrogen-bond donors (Lipinski definition) is 0. The number of fused-ring (bicyclic) bond motifs is 1. The largest absolute Gasteiger partial charge is 0.435 e. The fourth-order valence-electron chi connectivity index (χ4n) is 3.04. The summed E-state index contributed by atoms with van der Waals surface area (Å²) in [6.45, 7) is 2.17. The van der Waals surface area contributed by atoms with E-state index in [1.807, 2.05) is 0 Å².